The van der Waals surface area contributed by atoms with Crippen LogP contribution in [0.15, 0.2) is 72.9 Å². The molecule has 4 heterocycles. The van der Waals surface area contributed by atoms with Gasteiger partial charge in [-0.3, -0.25) is 9.78 Å². The lowest BCUT2D eigenvalue weighted by atomic mass is 9.96. The topological polar surface area (TPSA) is 93.1 Å². The van der Waals surface area contributed by atoms with E-state index in [4.69, 9.17) is 31.4 Å². The fourth-order valence-electron chi connectivity index (χ4n) is 6.33. The summed E-state index contributed by atoms with van der Waals surface area (Å²) in [5.74, 6) is 0.263. The number of carbonyl (C=O) groups excluding carboxylic acids is 1. The standard InChI is InChI=1S/C34H38N6O4S/c1-22-19-27(23(2)39(22)25-10-8-24(9-11-25)38-15-17-44-18-16-38)33-32(28-7-5-6-14-35-28)37-34(45)40(33)26-12-13-30(43-4)29(20-26)36-31(41)21-42-3/h5-14,19-20,32-33H,15-18,21H2,1-4H3,(H,36,41)(H,37,45)/t32-,33+/m1/s1. The average molecular weight is 627 g/mol. The fourth-order valence-corrected chi connectivity index (χ4v) is 6.67. The van der Waals surface area contributed by atoms with Gasteiger partial charge in [0.15, 0.2) is 5.11 Å². The normalized spacial score (nSPS) is 18.2. The van der Waals surface area contributed by atoms with E-state index < -0.39 is 0 Å². The van der Waals surface area contributed by atoms with Gasteiger partial charge in [0.1, 0.15) is 12.4 Å². The molecule has 11 heteroatoms. The Bertz CT molecular complexity index is 1670. The molecule has 0 radical (unpaired) electrons. The van der Waals surface area contributed by atoms with Crippen molar-refractivity contribution in [2.24, 2.45) is 0 Å². The monoisotopic (exact) mass is 626 g/mol. The molecule has 2 saturated heterocycles. The molecule has 45 heavy (non-hydrogen) atoms. The molecule has 6 rings (SSSR count). The molecule has 10 nitrogen and oxygen atoms in total. The van der Waals surface area contributed by atoms with Crippen molar-refractivity contribution >= 4 is 40.3 Å². The summed E-state index contributed by atoms with van der Waals surface area (Å²) in [6.07, 6.45) is 1.80. The maximum absolute atomic E-state index is 12.5. The molecule has 234 valence electrons. The molecule has 0 aliphatic carbocycles. The Morgan fingerprint density at radius 1 is 1.02 bits per heavy atom. The minimum absolute atomic E-state index is 0.0686. The number of carbonyl (C=O) groups is 1. The third-order valence-corrected chi connectivity index (χ3v) is 8.70. The van der Waals surface area contributed by atoms with Gasteiger partial charge in [-0.2, -0.15) is 0 Å². The van der Waals surface area contributed by atoms with Crippen LogP contribution in [0.5, 0.6) is 5.75 Å². The van der Waals surface area contributed by atoms with Gasteiger partial charge in [-0.1, -0.05) is 6.07 Å². The minimum Gasteiger partial charge on any atom is -0.495 e. The predicted octanol–water partition coefficient (Wildman–Crippen LogP) is 5.10. The molecule has 2 N–H and O–H groups in total. The second-order valence-electron chi connectivity index (χ2n) is 11.1. The summed E-state index contributed by atoms with van der Waals surface area (Å²) in [6, 6.07) is 22.1. The third-order valence-electron chi connectivity index (χ3n) is 8.38. The van der Waals surface area contributed by atoms with E-state index in [1.807, 2.05) is 36.4 Å². The number of morpholine rings is 1. The second kappa shape index (κ2) is 13.3. The highest BCUT2D eigenvalue weighted by Crippen LogP contribution is 2.45. The molecule has 0 bridgehead atoms. The fraction of sp³-hybridized carbons (Fsp3) is 0.324. The van der Waals surface area contributed by atoms with Crippen molar-refractivity contribution < 1.29 is 19.0 Å². The van der Waals surface area contributed by atoms with Gasteiger partial charge in [-0.15, -0.1) is 0 Å². The van der Waals surface area contributed by atoms with Gasteiger partial charge in [0.25, 0.3) is 0 Å². The molecule has 4 aromatic rings. The van der Waals surface area contributed by atoms with Gasteiger partial charge >= 0.3 is 0 Å². The Labute approximate surface area is 268 Å². The summed E-state index contributed by atoms with van der Waals surface area (Å²) < 4.78 is 18.4. The number of pyridine rings is 1. The molecule has 2 aromatic carbocycles. The summed E-state index contributed by atoms with van der Waals surface area (Å²) in [7, 11) is 3.06. The largest absolute Gasteiger partial charge is 0.495 e. The number of aryl methyl sites for hydroxylation is 1. The number of rotatable bonds is 9. The Morgan fingerprint density at radius 3 is 2.44 bits per heavy atom. The Kier molecular flexibility index (Phi) is 9.02. The van der Waals surface area contributed by atoms with Gasteiger partial charge < -0.3 is 39.2 Å². The van der Waals surface area contributed by atoms with E-state index in [1.165, 1.54) is 12.8 Å². The van der Waals surface area contributed by atoms with Crippen molar-refractivity contribution in [3.8, 4) is 11.4 Å². The van der Waals surface area contributed by atoms with Gasteiger partial charge in [-0.05, 0) is 92.3 Å². The number of ether oxygens (including phenoxy) is 3. The number of nitrogens with zero attached hydrogens (tertiary/aromatic N) is 4. The molecule has 0 saturated carbocycles. The smallest absolute Gasteiger partial charge is 0.250 e. The van der Waals surface area contributed by atoms with Crippen LogP contribution in [-0.4, -0.2) is 67.7 Å². The first kappa shape index (κ1) is 30.6. The number of benzene rings is 2. The van der Waals surface area contributed by atoms with E-state index in [0.29, 0.717) is 16.5 Å². The molecule has 0 unspecified atom stereocenters. The Hall–Kier alpha value is -4.45. The quantitative estimate of drug-likeness (QED) is 0.246. The van der Waals surface area contributed by atoms with Crippen molar-refractivity contribution in [1.29, 1.82) is 0 Å². The van der Waals surface area contributed by atoms with Crippen molar-refractivity contribution in [2.75, 3.05) is 62.2 Å². The Morgan fingerprint density at radius 2 is 1.76 bits per heavy atom. The highest BCUT2D eigenvalue weighted by molar-refractivity contribution is 7.80. The van der Waals surface area contributed by atoms with Gasteiger partial charge in [-0.25, -0.2) is 0 Å². The van der Waals surface area contributed by atoms with Crippen molar-refractivity contribution in [2.45, 2.75) is 25.9 Å². The number of hydrogen-bond donors (Lipinski definition) is 2. The molecule has 2 fully saturated rings. The van der Waals surface area contributed by atoms with Crippen LogP contribution < -0.4 is 25.2 Å². The van der Waals surface area contributed by atoms with Crippen LogP contribution in [-0.2, 0) is 14.3 Å². The number of thiocarbonyl (C=S) groups is 1. The maximum atomic E-state index is 12.5. The first-order valence-corrected chi connectivity index (χ1v) is 15.4. The summed E-state index contributed by atoms with van der Waals surface area (Å²) >= 11 is 5.99. The maximum Gasteiger partial charge on any atom is 0.250 e. The SMILES string of the molecule is COCC(=O)Nc1cc(N2C(=S)N[C@H](c3ccccn3)[C@@H]2c2cc(C)n(-c3ccc(N4CCOCC4)cc3)c2C)ccc1OC. The summed E-state index contributed by atoms with van der Waals surface area (Å²) in [4.78, 5) is 21.6. The highest BCUT2D eigenvalue weighted by atomic mass is 32.1. The third kappa shape index (κ3) is 6.11. The Balaban J connectivity index is 1.41. The van der Waals surface area contributed by atoms with Crippen molar-refractivity contribution in [3.05, 3.63) is 95.6 Å². The van der Waals surface area contributed by atoms with E-state index in [2.05, 4.69) is 69.2 Å². The summed E-state index contributed by atoms with van der Waals surface area (Å²) in [5.41, 5.74) is 7.86. The first-order chi connectivity index (χ1) is 21.9. The molecular weight excluding hydrogens is 588 g/mol. The van der Waals surface area contributed by atoms with Crippen LogP contribution in [0.2, 0.25) is 0 Å². The summed E-state index contributed by atoms with van der Waals surface area (Å²) in [5, 5.41) is 7.02. The lowest BCUT2D eigenvalue weighted by molar-refractivity contribution is -0.119. The number of aromatic nitrogens is 2. The molecule has 0 spiro atoms. The molecule has 2 aromatic heterocycles. The van der Waals surface area contributed by atoms with Gasteiger partial charge in [0, 0.05) is 54.8 Å². The van der Waals surface area contributed by atoms with Crippen LogP contribution in [0.25, 0.3) is 5.69 Å². The van der Waals surface area contributed by atoms with Crippen molar-refractivity contribution in [3.63, 3.8) is 0 Å². The van der Waals surface area contributed by atoms with Crippen molar-refractivity contribution in [1.82, 2.24) is 14.9 Å². The van der Waals surface area contributed by atoms with Crippen LogP contribution >= 0.6 is 12.2 Å². The summed E-state index contributed by atoms with van der Waals surface area (Å²) in [6.45, 7) is 7.51. The van der Waals surface area contributed by atoms with E-state index >= 15 is 0 Å². The average Bonchev–Trinajstić information content (AvgIpc) is 3.56. The number of anilines is 3. The molecular formula is C34H38N6O4S. The predicted molar refractivity (Wildman–Crippen MR) is 180 cm³/mol. The van der Waals surface area contributed by atoms with E-state index in [1.54, 1.807) is 13.3 Å². The van der Waals surface area contributed by atoms with Crippen LogP contribution in [0, 0.1) is 13.8 Å². The van der Waals surface area contributed by atoms with Gasteiger partial charge in [0.2, 0.25) is 5.91 Å². The van der Waals surface area contributed by atoms with Crippen LogP contribution in [0.1, 0.15) is 34.7 Å². The number of amides is 1. The number of hydrogen-bond acceptors (Lipinski definition) is 7. The molecule has 2 atom stereocenters. The highest BCUT2D eigenvalue weighted by Gasteiger charge is 2.42. The van der Waals surface area contributed by atoms with Crippen LogP contribution in [0.3, 0.4) is 0 Å². The van der Waals surface area contributed by atoms with Crippen LogP contribution in [0.4, 0.5) is 17.1 Å². The molecule has 2 aliphatic heterocycles. The molecule has 1 amide bonds. The second-order valence-corrected chi connectivity index (χ2v) is 11.5. The lowest BCUT2D eigenvalue weighted by Gasteiger charge is -2.29. The zero-order valence-electron chi connectivity index (χ0n) is 25.9. The number of methoxy groups -OCH3 is 2. The van der Waals surface area contributed by atoms with E-state index in [9.17, 15) is 4.79 Å². The first-order valence-electron chi connectivity index (χ1n) is 15.0. The zero-order chi connectivity index (χ0) is 31.5. The molecule has 2 aliphatic rings. The zero-order valence-corrected chi connectivity index (χ0v) is 26.8. The van der Waals surface area contributed by atoms with Gasteiger partial charge in [0.05, 0.1) is 43.8 Å². The van der Waals surface area contributed by atoms with E-state index in [-0.39, 0.29) is 24.6 Å². The lowest BCUT2D eigenvalue weighted by Crippen LogP contribution is -2.36. The van der Waals surface area contributed by atoms with E-state index in [0.717, 1.165) is 60.3 Å². The minimum atomic E-state index is -0.277. The number of nitrogens with one attached hydrogen (secondary N) is 2.